The van der Waals surface area contributed by atoms with Gasteiger partial charge in [-0.1, -0.05) is 0 Å². The van der Waals surface area contributed by atoms with Crippen molar-refractivity contribution in [2.24, 2.45) is 0 Å². The molecule has 47 heavy (non-hydrogen) atoms. The van der Waals surface area contributed by atoms with Crippen LogP contribution in [0.1, 0.15) is 0 Å². The zero-order valence-corrected chi connectivity index (χ0v) is 28.7. The number of aromatic hydroxyl groups is 1. The van der Waals surface area contributed by atoms with Gasteiger partial charge in [-0.3, -0.25) is 0 Å². The van der Waals surface area contributed by atoms with Crippen molar-refractivity contribution in [3.05, 3.63) is 164 Å². The maximum atomic E-state index is 11.5. The molecule has 0 fully saturated rings. The fraction of sp³-hybridized carbons (Fsp3) is 0. The van der Waals surface area contributed by atoms with Crippen LogP contribution < -0.4 is 9.80 Å². The number of rotatable bonds is 6. The van der Waals surface area contributed by atoms with E-state index in [1.807, 2.05) is 12.1 Å². The van der Waals surface area contributed by atoms with Crippen LogP contribution in [-0.2, 0) is 0 Å². The molecule has 9 rings (SSSR count). The Hall–Kier alpha value is -5.02. The van der Waals surface area contributed by atoms with Gasteiger partial charge in [0.1, 0.15) is 0 Å². The van der Waals surface area contributed by atoms with E-state index in [4.69, 9.17) is 0 Å². The van der Waals surface area contributed by atoms with Gasteiger partial charge in [-0.05, 0) is 0 Å². The van der Waals surface area contributed by atoms with Crippen molar-refractivity contribution in [3.63, 3.8) is 0 Å². The van der Waals surface area contributed by atoms with Crippen LogP contribution in [0.15, 0.2) is 164 Å². The van der Waals surface area contributed by atoms with Gasteiger partial charge in [0.25, 0.3) is 0 Å². The Morgan fingerprint density at radius 2 is 0.766 bits per heavy atom. The number of anilines is 6. The second-order valence-corrected chi connectivity index (χ2v) is 16.1. The van der Waals surface area contributed by atoms with Crippen LogP contribution >= 0.6 is 0 Å². The van der Waals surface area contributed by atoms with Crippen LogP contribution in [0.2, 0.25) is 0 Å². The Bertz CT molecular complexity index is 2380. The van der Waals surface area contributed by atoms with Crippen molar-refractivity contribution in [1.82, 2.24) is 0 Å². The van der Waals surface area contributed by atoms with Crippen molar-refractivity contribution in [1.29, 1.82) is 0 Å². The Balaban J connectivity index is 1.31. The summed E-state index contributed by atoms with van der Waals surface area (Å²) in [6, 6.07) is 57.9. The van der Waals surface area contributed by atoms with Gasteiger partial charge in [-0.2, -0.15) is 0 Å². The standard InChI is InChI=1S/C42H28N2OSe2/c45-32-26-30(43(28-13-3-1-4-14-28)35-19-11-23-39-41(35)33-17-7-9-21-37(33)46-39)25-31(27-32)44(29-15-5-2-6-16-29)36-20-12-24-40-42(36)34-18-8-10-22-38(34)47-40/h1-27,45H. The summed E-state index contributed by atoms with van der Waals surface area (Å²) in [5, 5.41) is 16.7. The minimum atomic E-state index is 0.216. The number of fused-ring (bicyclic) bond motifs is 6. The first-order chi connectivity index (χ1) is 23.2. The van der Waals surface area contributed by atoms with Crippen LogP contribution in [-0.4, -0.2) is 34.1 Å². The van der Waals surface area contributed by atoms with Crippen molar-refractivity contribution in [3.8, 4) is 5.75 Å². The molecule has 0 spiro atoms. The minimum absolute atomic E-state index is 0.216. The van der Waals surface area contributed by atoms with E-state index >= 15 is 0 Å². The number of hydrogen-bond donors (Lipinski definition) is 1. The molecule has 0 saturated heterocycles. The predicted octanol–water partition coefficient (Wildman–Crippen LogP) is 11.1. The molecule has 224 valence electrons. The van der Waals surface area contributed by atoms with Crippen molar-refractivity contribution >= 4 is 102 Å². The molecule has 1 N–H and O–H groups in total. The monoisotopic (exact) mass is 736 g/mol. The Morgan fingerprint density at radius 3 is 1.23 bits per heavy atom. The third-order valence-electron chi connectivity index (χ3n) is 8.68. The van der Waals surface area contributed by atoms with Gasteiger partial charge in [0.05, 0.1) is 0 Å². The van der Waals surface area contributed by atoms with Gasteiger partial charge in [-0.25, -0.2) is 0 Å². The SMILES string of the molecule is Oc1cc(N(c2ccccc2)c2cccc3[se]c4ccccc4c23)cc(N(c2ccccc2)c2cccc3[se]c4ccccc4c23)c1. The van der Waals surface area contributed by atoms with E-state index in [1.54, 1.807) is 0 Å². The molecular formula is C42H28N2OSe2. The first-order valence-electron chi connectivity index (χ1n) is 15.6. The molecule has 0 radical (unpaired) electrons. The van der Waals surface area contributed by atoms with E-state index < -0.39 is 0 Å². The third kappa shape index (κ3) is 4.88. The maximum absolute atomic E-state index is 11.5. The molecule has 0 aliphatic heterocycles. The zero-order chi connectivity index (χ0) is 31.3. The summed E-state index contributed by atoms with van der Waals surface area (Å²) in [7, 11) is 0. The summed E-state index contributed by atoms with van der Waals surface area (Å²) in [4.78, 5) is 4.61. The number of benzene rings is 7. The topological polar surface area (TPSA) is 26.7 Å². The van der Waals surface area contributed by atoms with E-state index in [9.17, 15) is 5.11 Å². The number of hydrogen-bond acceptors (Lipinski definition) is 3. The van der Waals surface area contributed by atoms with Crippen LogP contribution in [0.25, 0.3) is 38.6 Å². The van der Waals surface area contributed by atoms with Crippen LogP contribution in [0.4, 0.5) is 34.1 Å². The molecule has 2 heterocycles. The van der Waals surface area contributed by atoms with Gasteiger partial charge in [0, 0.05) is 0 Å². The summed E-state index contributed by atoms with van der Waals surface area (Å²) in [5.74, 6) is 0.216. The van der Waals surface area contributed by atoms with Gasteiger partial charge in [0.2, 0.25) is 0 Å². The molecule has 0 saturated carbocycles. The van der Waals surface area contributed by atoms with Crippen LogP contribution in [0.5, 0.6) is 5.75 Å². The molecule has 0 aliphatic rings. The fourth-order valence-electron chi connectivity index (χ4n) is 6.73. The molecule has 0 amide bonds. The normalized spacial score (nSPS) is 11.5. The Morgan fingerprint density at radius 1 is 0.362 bits per heavy atom. The van der Waals surface area contributed by atoms with Crippen LogP contribution in [0, 0.1) is 0 Å². The summed E-state index contributed by atoms with van der Waals surface area (Å²) < 4.78 is 5.57. The fourth-order valence-corrected chi connectivity index (χ4v) is 11.5. The van der Waals surface area contributed by atoms with E-state index in [0.717, 1.165) is 34.1 Å². The molecule has 2 aromatic heterocycles. The van der Waals surface area contributed by atoms with Crippen LogP contribution in [0.3, 0.4) is 0 Å². The van der Waals surface area contributed by atoms with E-state index in [0.29, 0.717) is 0 Å². The molecule has 0 unspecified atom stereocenters. The second kappa shape index (κ2) is 11.7. The Kier molecular flexibility index (Phi) is 7.00. The van der Waals surface area contributed by atoms with Crippen molar-refractivity contribution in [2.75, 3.05) is 9.80 Å². The zero-order valence-electron chi connectivity index (χ0n) is 25.2. The van der Waals surface area contributed by atoms with Crippen molar-refractivity contribution in [2.45, 2.75) is 0 Å². The van der Waals surface area contributed by atoms with E-state index in [-0.39, 0.29) is 34.8 Å². The number of phenols is 1. The summed E-state index contributed by atoms with van der Waals surface area (Å²) in [6.45, 7) is 0. The van der Waals surface area contributed by atoms with Gasteiger partial charge >= 0.3 is 286 Å². The van der Waals surface area contributed by atoms with E-state index in [1.165, 1.54) is 38.6 Å². The summed E-state index contributed by atoms with van der Waals surface area (Å²) in [6.07, 6.45) is 0. The Labute approximate surface area is 284 Å². The molecule has 9 aromatic rings. The summed E-state index contributed by atoms with van der Waals surface area (Å²) >= 11 is 0.480. The predicted molar refractivity (Wildman–Crippen MR) is 201 cm³/mol. The number of nitrogens with zero attached hydrogens (tertiary/aromatic N) is 2. The average molecular weight is 735 g/mol. The molecular weight excluding hydrogens is 706 g/mol. The molecule has 0 bridgehead atoms. The number of phenolic OH excluding ortho intramolecular Hbond substituents is 1. The molecule has 0 aliphatic carbocycles. The number of para-hydroxylation sites is 2. The average Bonchev–Trinajstić information content (AvgIpc) is 3.69. The quantitative estimate of drug-likeness (QED) is 0.172. The van der Waals surface area contributed by atoms with E-state index in [2.05, 4.69) is 161 Å². The first kappa shape index (κ1) is 28.2. The second-order valence-electron chi connectivity index (χ2n) is 11.5. The third-order valence-corrected chi connectivity index (χ3v) is 13.4. The first-order valence-corrected chi connectivity index (χ1v) is 19.0. The van der Waals surface area contributed by atoms with Crippen molar-refractivity contribution < 1.29 is 5.11 Å². The van der Waals surface area contributed by atoms with Gasteiger partial charge < -0.3 is 0 Å². The molecule has 3 nitrogen and oxygen atoms in total. The molecule has 0 atom stereocenters. The van der Waals surface area contributed by atoms with Gasteiger partial charge in [-0.15, -0.1) is 0 Å². The van der Waals surface area contributed by atoms with Gasteiger partial charge in [0.15, 0.2) is 0 Å². The summed E-state index contributed by atoms with van der Waals surface area (Å²) in [5.41, 5.74) is 6.10. The molecule has 5 heteroatoms. The molecule has 7 aromatic carbocycles.